The van der Waals surface area contributed by atoms with Crippen LogP contribution in [0.1, 0.15) is 38.8 Å². The summed E-state index contributed by atoms with van der Waals surface area (Å²) >= 11 is 0. The van der Waals surface area contributed by atoms with Crippen molar-refractivity contribution in [2.45, 2.75) is 20.8 Å². The molecule has 16 heavy (non-hydrogen) atoms. The molecule has 0 heterocycles. The van der Waals surface area contributed by atoms with E-state index in [2.05, 4.69) is 0 Å². The van der Waals surface area contributed by atoms with E-state index in [1.54, 1.807) is 26.8 Å². The van der Waals surface area contributed by atoms with Gasteiger partial charge in [0.05, 0.1) is 17.7 Å². The van der Waals surface area contributed by atoms with Crippen molar-refractivity contribution in [3.8, 4) is 0 Å². The van der Waals surface area contributed by atoms with E-state index >= 15 is 0 Å². The fourth-order valence-corrected chi connectivity index (χ4v) is 1.51. The van der Waals surface area contributed by atoms with E-state index in [-0.39, 0.29) is 12.2 Å². The summed E-state index contributed by atoms with van der Waals surface area (Å²) in [5.41, 5.74) is 1.80. The average Bonchev–Trinajstić information content (AvgIpc) is 2.17. The van der Waals surface area contributed by atoms with Crippen molar-refractivity contribution in [3.63, 3.8) is 0 Å². The summed E-state index contributed by atoms with van der Waals surface area (Å²) < 4.78 is 4.85. The number of carboxylic acids is 1. The van der Waals surface area contributed by atoms with Crippen molar-refractivity contribution in [3.05, 3.63) is 34.4 Å². The molecule has 0 atom stereocenters. The highest BCUT2D eigenvalue weighted by Gasteiger charge is 2.15. The molecule has 0 aliphatic rings. The van der Waals surface area contributed by atoms with Gasteiger partial charge in [0, 0.05) is 0 Å². The van der Waals surface area contributed by atoms with Crippen molar-refractivity contribution >= 4 is 11.9 Å². The van der Waals surface area contributed by atoms with Gasteiger partial charge in [-0.15, -0.1) is 0 Å². The van der Waals surface area contributed by atoms with Crippen LogP contribution in [0, 0.1) is 13.8 Å². The molecule has 1 N–H and O–H groups in total. The highest BCUT2D eigenvalue weighted by Crippen LogP contribution is 2.17. The second kappa shape index (κ2) is 4.79. The van der Waals surface area contributed by atoms with Crippen LogP contribution < -0.4 is 0 Å². The number of aromatic carboxylic acids is 1. The van der Waals surface area contributed by atoms with Crippen LogP contribution in [0.4, 0.5) is 0 Å². The van der Waals surface area contributed by atoms with Gasteiger partial charge in [0.25, 0.3) is 0 Å². The Balaban J connectivity index is 3.24. The minimum Gasteiger partial charge on any atom is -0.478 e. The molecule has 4 nitrogen and oxygen atoms in total. The molecule has 1 aromatic carbocycles. The first-order valence-electron chi connectivity index (χ1n) is 4.99. The quantitative estimate of drug-likeness (QED) is 0.796. The first-order chi connectivity index (χ1) is 7.47. The van der Waals surface area contributed by atoms with Crippen LogP contribution in [-0.2, 0) is 4.74 Å². The predicted octanol–water partition coefficient (Wildman–Crippen LogP) is 2.18. The maximum absolute atomic E-state index is 11.5. The SMILES string of the molecule is CCOC(=O)c1cc(C(=O)O)c(C)cc1C. The van der Waals surface area contributed by atoms with Gasteiger partial charge in [-0.1, -0.05) is 6.07 Å². The second-order valence-electron chi connectivity index (χ2n) is 3.51. The Morgan fingerprint density at radius 2 is 1.75 bits per heavy atom. The number of hydrogen-bond donors (Lipinski definition) is 1. The first-order valence-corrected chi connectivity index (χ1v) is 4.99. The van der Waals surface area contributed by atoms with Gasteiger partial charge in [-0.25, -0.2) is 9.59 Å². The number of carbonyl (C=O) groups excluding carboxylic acids is 1. The van der Waals surface area contributed by atoms with Crippen LogP contribution in [0.25, 0.3) is 0 Å². The highest BCUT2D eigenvalue weighted by atomic mass is 16.5. The molecule has 0 saturated heterocycles. The number of ether oxygens (including phenoxy) is 1. The van der Waals surface area contributed by atoms with Gasteiger partial charge in [0.2, 0.25) is 0 Å². The zero-order valence-corrected chi connectivity index (χ0v) is 9.53. The van der Waals surface area contributed by atoms with Gasteiger partial charge in [-0.05, 0) is 38.0 Å². The van der Waals surface area contributed by atoms with E-state index in [1.165, 1.54) is 6.07 Å². The van der Waals surface area contributed by atoms with E-state index in [1.807, 2.05) is 0 Å². The number of benzene rings is 1. The molecule has 4 heteroatoms. The van der Waals surface area contributed by atoms with Crippen molar-refractivity contribution in [2.24, 2.45) is 0 Å². The van der Waals surface area contributed by atoms with Gasteiger partial charge >= 0.3 is 11.9 Å². The molecule has 0 aromatic heterocycles. The molecule has 1 aromatic rings. The van der Waals surface area contributed by atoms with Crippen LogP contribution in [0.5, 0.6) is 0 Å². The molecule has 0 radical (unpaired) electrons. The Bertz CT molecular complexity index is 435. The van der Waals surface area contributed by atoms with Gasteiger partial charge in [-0.2, -0.15) is 0 Å². The molecular weight excluding hydrogens is 208 g/mol. The molecule has 0 amide bonds. The Morgan fingerprint density at radius 1 is 1.19 bits per heavy atom. The lowest BCUT2D eigenvalue weighted by Gasteiger charge is -2.08. The minimum absolute atomic E-state index is 0.133. The summed E-state index contributed by atoms with van der Waals surface area (Å²) in [7, 11) is 0. The monoisotopic (exact) mass is 222 g/mol. The molecule has 0 bridgehead atoms. The summed E-state index contributed by atoms with van der Waals surface area (Å²) in [4.78, 5) is 22.5. The van der Waals surface area contributed by atoms with Crippen LogP contribution in [0.2, 0.25) is 0 Å². The summed E-state index contributed by atoms with van der Waals surface area (Å²) in [6.45, 7) is 5.43. The van der Waals surface area contributed by atoms with Gasteiger partial charge in [-0.3, -0.25) is 0 Å². The molecule has 86 valence electrons. The average molecular weight is 222 g/mol. The van der Waals surface area contributed by atoms with Crippen LogP contribution >= 0.6 is 0 Å². The number of carbonyl (C=O) groups is 2. The largest absolute Gasteiger partial charge is 0.478 e. The lowest BCUT2D eigenvalue weighted by molar-refractivity contribution is 0.0525. The summed E-state index contributed by atoms with van der Waals surface area (Å²) in [5.74, 6) is -1.52. The maximum atomic E-state index is 11.5. The Hall–Kier alpha value is -1.84. The summed E-state index contributed by atoms with van der Waals surface area (Å²) in [6.07, 6.45) is 0. The molecule has 0 aliphatic carbocycles. The molecule has 0 fully saturated rings. The fraction of sp³-hybridized carbons (Fsp3) is 0.333. The van der Waals surface area contributed by atoms with Gasteiger partial charge in [0.15, 0.2) is 0 Å². The third-order valence-electron chi connectivity index (χ3n) is 2.30. The van der Waals surface area contributed by atoms with E-state index in [4.69, 9.17) is 9.84 Å². The summed E-state index contributed by atoms with van der Waals surface area (Å²) in [5, 5.41) is 8.94. The number of aryl methyl sites for hydroxylation is 2. The molecule has 1 rings (SSSR count). The Morgan fingerprint density at radius 3 is 2.25 bits per heavy atom. The summed E-state index contributed by atoms with van der Waals surface area (Å²) in [6, 6.07) is 3.04. The lowest BCUT2D eigenvalue weighted by Crippen LogP contribution is -2.10. The topological polar surface area (TPSA) is 63.6 Å². The predicted molar refractivity (Wildman–Crippen MR) is 58.8 cm³/mol. The van der Waals surface area contributed by atoms with Gasteiger partial charge < -0.3 is 9.84 Å². The molecule has 0 aliphatic heterocycles. The van der Waals surface area contributed by atoms with E-state index < -0.39 is 11.9 Å². The maximum Gasteiger partial charge on any atom is 0.338 e. The van der Waals surface area contributed by atoms with Crippen LogP contribution in [-0.4, -0.2) is 23.7 Å². The third-order valence-corrected chi connectivity index (χ3v) is 2.30. The standard InChI is InChI=1S/C12H14O4/c1-4-16-12(15)10-6-9(11(13)14)7(2)5-8(10)3/h5-6H,4H2,1-3H3,(H,13,14). The van der Waals surface area contributed by atoms with Crippen molar-refractivity contribution < 1.29 is 19.4 Å². The number of hydrogen-bond acceptors (Lipinski definition) is 3. The van der Waals surface area contributed by atoms with Crippen molar-refractivity contribution in [1.82, 2.24) is 0 Å². The van der Waals surface area contributed by atoms with E-state index in [0.717, 1.165) is 5.56 Å². The van der Waals surface area contributed by atoms with Gasteiger partial charge in [0.1, 0.15) is 0 Å². The third kappa shape index (κ3) is 2.39. The number of esters is 1. The van der Waals surface area contributed by atoms with E-state index in [9.17, 15) is 9.59 Å². The Labute approximate surface area is 93.9 Å². The molecular formula is C12H14O4. The molecule has 0 saturated carbocycles. The van der Waals surface area contributed by atoms with Crippen LogP contribution in [0.3, 0.4) is 0 Å². The molecule has 0 spiro atoms. The second-order valence-corrected chi connectivity index (χ2v) is 3.51. The Kier molecular flexibility index (Phi) is 3.66. The lowest BCUT2D eigenvalue weighted by atomic mass is 10.00. The van der Waals surface area contributed by atoms with Crippen molar-refractivity contribution in [2.75, 3.05) is 6.61 Å². The fourth-order valence-electron chi connectivity index (χ4n) is 1.51. The smallest absolute Gasteiger partial charge is 0.338 e. The van der Waals surface area contributed by atoms with Crippen molar-refractivity contribution in [1.29, 1.82) is 0 Å². The molecule has 0 unspecified atom stereocenters. The normalized spacial score (nSPS) is 9.94. The van der Waals surface area contributed by atoms with Crippen LogP contribution in [0.15, 0.2) is 12.1 Å². The zero-order valence-electron chi connectivity index (χ0n) is 9.53. The number of rotatable bonds is 3. The first kappa shape index (κ1) is 12.2. The highest BCUT2D eigenvalue weighted by molar-refractivity contribution is 5.96. The van der Waals surface area contributed by atoms with E-state index in [0.29, 0.717) is 11.1 Å². The number of carboxylic acid groups (broad SMARTS) is 1. The zero-order chi connectivity index (χ0) is 12.3. The minimum atomic E-state index is -1.04.